The zero-order valence-electron chi connectivity index (χ0n) is 17.6. The molecule has 1 aliphatic rings. The average Bonchev–Trinajstić information content (AvgIpc) is 3.40. The first-order valence-electron chi connectivity index (χ1n) is 10.4. The Balaban J connectivity index is 1.62. The van der Waals surface area contributed by atoms with E-state index in [0.717, 1.165) is 35.1 Å². The van der Waals surface area contributed by atoms with Crippen molar-refractivity contribution < 1.29 is 17.9 Å². The van der Waals surface area contributed by atoms with Gasteiger partial charge in [-0.05, 0) is 19.4 Å². The Bertz CT molecular complexity index is 1180. The Kier molecular flexibility index (Phi) is 5.80. The highest BCUT2D eigenvalue weighted by Gasteiger charge is 2.51. The van der Waals surface area contributed by atoms with Crippen molar-refractivity contribution in [2.24, 2.45) is 0 Å². The maximum Gasteiger partial charge on any atom is 0.308 e. The molecule has 0 saturated carbocycles. The van der Waals surface area contributed by atoms with Crippen LogP contribution in [0.3, 0.4) is 0 Å². The second-order valence-electron chi connectivity index (χ2n) is 7.78. The summed E-state index contributed by atoms with van der Waals surface area (Å²) in [7, 11) is -3.35. The van der Waals surface area contributed by atoms with Crippen molar-refractivity contribution in [1.82, 2.24) is 29.0 Å². The second kappa shape index (κ2) is 8.39. The second-order valence-corrected chi connectivity index (χ2v) is 10.0. The number of nitrogens with zero attached hydrogens (tertiary/aromatic N) is 5. The van der Waals surface area contributed by atoms with E-state index >= 15 is 0 Å². The molecule has 1 aliphatic heterocycles. The van der Waals surface area contributed by atoms with Gasteiger partial charge in [-0.3, -0.25) is 9.48 Å². The van der Waals surface area contributed by atoms with Gasteiger partial charge in [-0.25, -0.2) is 18.4 Å². The van der Waals surface area contributed by atoms with Gasteiger partial charge in [-0.1, -0.05) is 13.3 Å². The van der Waals surface area contributed by atoms with Gasteiger partial charge in [0.05, 0.1) is 30.7 Å². The van der Waals surface area contributed by atoms with Crippen LogP contribution in [0, 0.1) is 0 Å². The molecule has 0 spiro atoms. The Morgan fingerprint density at radius 3 is 2.84 bits per heavy atom. The van der Waals surface area contributed by atoms with Gasteiger partial charge in [0.15, 0.2) is 0 Å². The molecule has 1 fully saturated rings. The Hall–Kier alpha value is -2.79. The fraction of sp³-hybridized carbons (Fsp3) is 0.500. The summed E-state index contributed by atoms with van der Waals surface area (Å²) >= 11 is 0. The van der Waals surface area contributed by atoms with Gasteiger partial charge in [0.2, 0.25) is 10.0 Å². The van der Waals surface area contributed by atoms with E-state index < -0.39 is 15.6 Å². The summed E-state index contributed by atoms with van der Waals surface area (Å²) in [5.41, 5.74) is 1.42. The van der Waals surface area contributed by atoms with Crippen molar-refractivity contribution in [3.8, 4) is 11.3 Å². The molecule has 1 N–H and O–H groups in total. The van der Waals surface area contributed by atoms with Gasteiger partial charge in [-0.15, -0.1) is 0 Å². The third-order valence-corrected chi connectivity index (χ3v) is 7.40. The van der Waals surface area contributed by atoms with Crippen molar-refractivity contribution >= 4 is 27.0 Å². The fourth-order valence-corrected chi connectivity index (χ4v) is 5.02. The third kappa shape index (κ3) is 4.07. The van der Waals surface area contributed by atoms with Crippen LogP contribution in [-0.4, -0.2) is 68.9 Å². The number of fused-ring (bicyclic) bond motifs is 1. The molecule has 0 aliphatic carbocycles. The number of carbonyl (C=O) groups excluding carboxylic acids is 1. The van der Waals surface area contributed by atoms with Crippen LogP contribution >= 0.6 is 0 Å². The van der Waals surface area contributed by atoms with Gasteiger partial charge in [-0.2, -0.15) is 9.40 Å². The molecule has 3 aromatic heterocycles. The molecule has 3 aromatic rings. The third-order valence-electron chi connectivity index (χ3n) is 5.63. The molecule has 4 heterocycles. The van der Waals surface area contributed by atoms with Crippen LogP contribution in [-0.2, 0) is 25.1 Å². The van der Waals surface area contributed by atoms with Crippen LogP contribution in [0.5, 0.6) is 0 Å². The van der Waals surface area contributed by atoms with E-state index in [1.54, 1.807) is 24.0 Å². The number of carbonyl (C=O) groups is 1. The van der Waals surface area contributed by atoms with Crippen LogP contribution in [0.4, 0.5) is 0 Å². The van der Waals surface area contributed by atoms with Crippen LogP contribution in [0.15, 0.2) is 31.0 Å². The number of aromatic nitrogens is 5. The lowest BCUT2D eigenvalue weighted by atomic mass is 9.88. The molecular weight excluding hydrogens is 420 g/mol. The van der Waals surface area contributed by atoms with Crippen LogP contribution in [0.1, 0.15) is 33.1 Å². The minimum atomic E-state index is -3.35. The molecular formula is C20H26N6O4S. The van der Waals surface area contributed by atoms with Crippen molar-refractivity contribution in [2.75, 3.05) is 25.4 Å². The lowest BCUT2D eigenvalue weighted by Gasteiger charge is -2.48. The van der Waals surface area contributed by atoms with Gasteiger partial charge >= 0.3 is 5.97 Å². The number of rotatable bonds is 9. The highest BCUT2D eigenvalue weighted by Crippen LogP contribution is 2.36. The summed E-state index contributed by atoms with van der Waals surface area (Å²) in [5.74, 6) is -0.338. The molecule has 4 rings (SSSR count). The number of H-pyrrole nitrogens is 1. The molecule has 0 bridgehead atoms. The molecule has 31 heavy (non-hydrogen) atoms. The summed E-state index contributed by atoms with van der Waals surface area (Å²) < 4.78 is 33.0. The molecule has 0 unspecified atom stereocenters. The molecule has 10 nitrogen and oxygen atoms in total. The van der Waals surface area contributed by atoms with Gasteiger partial charge in [0.25, 0.3) is 0 Å². The van der Waals surface area contributed by atoms with Gasteiger partial charge < -0.3 is 9.72 Å². The van der Waals surface area contributed by atoms with Crippen LogP contribution < -0.4 is 0 Å². The van der Waals surface area contributed by atoms with E-state index in [-0.39, 0.29) is 31.2 Å². The van der Waals surface area contributed by atoms with Crippen molar-refractivity contribution in [3.05, 3.63) is 31.0 Å². The minimum absolute atomic E-state index is 0.0147. The standard InChI is InChI=1S/C20H26N6O4S/c1-3-5-8-30-17(27)9-20(12-25(13-20)31(28,29)4-2)26-11-15(10-24-26)18-16-6-7-21-19(16)23-14-22-18/h6-7,10-11,14H,3-5,8-9,12-13H2,1-2H3,(H,21,22,23). The molecule has 166 valence electrons. The van der Waals surface area contributed by atoms with E-state index in [2.05, 4.69) is 20.1 Å². The summed E-state index contributed by atoms with van der Waals surface area (Å²) in [6, 6.07) is 1.89. The van der Waals surface area contributed by atoms with Crippen molar-refractivity contribution in [3.63, 3.8) is 0 Å². The Morgan fingerprint density at radius 2 is 2.10 bits per heavy atom. The Labute approximate surface area is 180 Å². The number of esters is 1. The topological polar surface area (TPSA) is 123 Å². The van der Waals surface area contributed by atoms with E-state index in [1.165, 1.54) is 10.6 Å². The highest BCUT2D eigenvalue weighted by molar-refractivity contribution is 7.89. The number of ether oxygens (including phenoxy) is 1. The predicted molar refractivity (Wildman–Crippen MR) is 115 cm³/mol. The van der Waals surface area contributed by atoms with Crippen LogP contribution in [0.25, 0.3) is 22.3 Å². The lowest BCUT2D eigenvalue weighted by Crippen LogP contribution is -2.65. The largest absolute Gasteiger partial charge is 0.466 e. The van der Waals surface area contributed by atoms with E-state index in [0.29, 0.717) is 6.61 Å². The number of sulfonamides is 1. The maximum absolute atomic E-state index is 12.5. The SMILES string of the molecule is CCCCOC(=O)CC1(n2cc(-c3ncnc4[nH]ccc34)cn2)CN(S(=O)(=O)CC)C1. The predicted octanol–water partition coefficient (Wildman–Crippen LogP) is 1.92. The monoisotopic (exact) mass is 446 g/mol. The first-order chi connectivity index (χ1) is 14.9. The van der Waals surface area contributed by atoms with E-state index in [1.807, 2.05) is 19.2 Å². The lowest BCUT2D eigenvalue weighted by molar-refractivity contribution is -0.148. The number of aromatic amines is 1. The number of hydrogen-bond acceptors (Lipinski definition) is 7. The van der Waals surface area contributed by atoms with E-state index in [9.17, 15) is 13.2 Å². The quantitative estimate of drug-likeness (QED) is 0.393. The van der Waals surface area contributed by atoms with Crippen LogP contribution in [0.2, 0.25) is 0 Å². The summed E-state index contributed by atoms with van der Waals surface area (Å²) in [6.45, 7) is 4.35. The summed E-state index contributed by atoms with van der Waals surface area (Å²) in [5, 5.41) is 5.35. The summed E-state index contributed by atoms with van der Waals surface area (Å²) in [4.78, 5) is 24.1. The average molecular weight is 447 g/mol. The molecule has 0 atom stereocenters. The van der Waals surface area contributed by atoms with E-state index in [4.69, 9.17) is 4.74 Å². The zero-order valence-corrected chi connectivity index (χ0v) is 18.4. The number of nitrogens with one attached hydrogen (secondary N) is 1. The minimum Gasteiger partial charge on any atom is -0.466 e. The van der Waals surface area contributed by atoms with Crippen molar-refractivity contribution in [1.29, 1.82) is 0 Å². The normalized spacial score (nSPS) is 16.3. The first-order valence-corrected chi connectivity index (χ1v) is 12.0. The molecule has 1 saturated heterocycles. The highest BCUT2D eigenvalue weighted by atomic mass is 32.2. The first kappa shape index (κ1) is 21.4. The van der Waals surface area contributed by atoms with Crippen molar-refractivity contribution in [2.45, 2.75) is 38.6 Å². The maximum atomic E-state index is 12.5. The van der Waals surface area contributed by atoms with Gasteiger partial charge in [0, 0.05) is 36.4 Å². The molecule has 0 radical (unpaired) electrons. The molecule has 0 amide bonds. The zero-order chi connectivity index (χ0) is 22.1. The fourth-order valence-electron chi connectivity index (χ4n) is 3.78. The molecule has 0 aromatic carbocycles. The molecule has 11 heteroatoms. The smallest absolute Gasteiger partial charge is 0.308 e. The number of unbranched alkanes of at least 4 members (excludes halogenated alkanes) is 1. The number of hydrogen-bond donors (Lipinski definition) is 1. The summed E-state index contributed by atoms with van der Waals surface area (Å²) in [6.07, 6.45) is 8.53. The Morgan fingerprint density at radius 1 is 1.29 bits per heavy atom. The van der Waals surface area contributed by atoms with Gasteiger partial charge in [0.1, 0.15) is 17.5 Å².